The molecule has 0 saturated carbocycles. The summed E-state index contributed by atoms with van der Waals surface area (Å²) in [6.07, 6.45) is 0. The summed E-state index contributed by atoms with van der Waals surface area (Å²) >= 11 is 0. The second kappa shape index (κ2) is 14.9. The van der Waals surface area contributed by atoms with Gasteiger partial charge in [0.15, 0.2) is 11.6 Å². The van der Waals surface area contributed by atoms with Gasteiger partial charge in [-0.25, -0.2) is 4.98 Å². The van der Waals surface area contributed by atoms with Crippen LogP contribution in [0.25, 0.3) is 111 Å². The largest absolute Gasteiger partial charge is 0.307 e. The Hall–Kier alpha value is -8.41. The Balaban J connectivity index is 1.13. The average molecular weight is 806 g/mol. The monoisotopic (exact) mass is 805 g/mol. The van der Waals surface area contributed by atoms with E-state index in [-0.39, 0.29) is 0 Å². The molecule has 0 aliphatic rings. The molecule has 0 aliphatic heterocycles. The van der Waals surface area contributed by atoms with Crippen molar-refractivity contribution < 1.29 is 0 Å². The maximum Gasteiger partial charge on any atom is 0.238 e. The highest BCUT2D eigenvalue weighted by Gasteiger charge is 2.24. The Morgan fingerprint density at radius 3 is 1.32 bits per heavy atom. The zero-order valence-corrected chi connectivity index (χ0v) is 34.5. The first-order valence-corrected chi connectivity index (χ1v) is 21.4. The molecule has 9 aromatic carbocycles. The van der Waals surface area contributed by atoms with Gasteiger partial charge in [-0.15, -0.1) is 0 Å². The molecular weight excluding hydrogens is 767 g/mol. The smallest absolute Gasteiger partial charge is 0.238 e. The molecule has 63 heavy (non-hydrogen) atoms. The number of aryl methyl sites for hydroxylation is 1. The normalized spacial score (nSPS) is 11.6. The first-order valence-electron chi connectivity index (χ1n) is 21.4. The van der Waals surface area contributed by atoms with Crippen molar-refractivity contribution in [1.82, 2.24) is 24.1 Å². The lowest BCUT2D eigenvalue weighted by atomic mass is 9.99. The van der Waals surface area contributed by atoms with Crippen molar-refractivity contribution in [2.24, 2.45) is 0 Å². The van der Waals surface area contributed by atoms with Gasteiger partial charge in [0, 0.05) is 38.2 Å². The molecule has 0 N–H and O–H groups in total. The van der Waals surface area contributed by atoms with Crippen molar-refractivity contribution in [1.29, 1.82) is 0 Å². The van der Waals surface area contributed by atoms with Crippen LogP contribution in [-0.4, -0.2) is 24.1 Å². The number of rotatable bonds is 7. The van der Waals surface area contributed by atoms with Gasteiger partial charge in [0.2, 0.25) is 5.95 Å². The molecule has 296 valence electrons. The lowest BCUT2D eigenvalue weighted by molar-refractivity contribution is 0.953. The Bertz CT molecular complexity index is 3640. The van der Waals surface area contributed by atoms with Gasteiger partial charge in [0.1, 0.15) is 0 Å². The van der Waals surface area contributed by atoms with Crippen molar-refractivity contribution in [2.75, 3.05) is 0 Å². The quantitative estimate of drug-likeness (QED) is 0.161. The summed E-state index contributed by atoms with van der Waals surface area (Å²) in [6, 6.07) is 77.5. The minimum absolute atomic E-state index is 0.557. The molecule has 12 aromatic rings. The van der Waals surface area contributed by atoms with Crippen LogP contribution in [0.4, 0.5) is 0 Å². The van der Waals surface area contributed by atoms with Gasteiger partial charge in [-0.2, -0.15) is 9.97 Å². The molecule has 0 aliphatic carbocycles. The third-order valence-electron chi connectivity index (χ3n) is 12.3. The van der Waals surface area contributed by atoms with E-state index >= 15 is 0 Å². The highest BCUT2D eigenvalue weighted by molar-refractivity contribution is 6.24. The van der Waals surface area contributed by atoms with Gasteiger partial charge in [0.25, 0.3) is 0 Å². The average Bonchev–Trinajstić information content (AvgIpc) is 3.88. The summed E-state index contributed by atoms with van der Waals surface area (Å²) < 4.78 is 4.71. The molecule has 3 heterocycles. The van der Waals surface area contributed by atoms with E-state index in [1.807, 2.05) is 18.2 Å². The first kappa shape index (κ1) is 36.4. The predicted octanol–water partition coefficient (Wildman–Crippen LogP) is 14.7. The van der Waals surface area contributed by atoms with Crippen LogP contribution in [0.15, 0.2) is 218 Å². The Kier molecular flexibility index (Phi) is 8.64. The van der Waals surface area contributed by atoms with Gasteiger partial charge in [0.05, 0.1) is 27.8 Å². The molecule has 5 heteroatoms. The van der Waals surface area contributed by atoms with E-state index in [1.165, 1.54) is 27.6 Å². The van der Waals surface area contributed by atoms with Crippen molar-refractivity contribution in [3.63, 3.8) is 0 Å². The fourth-order valence-corrected chi connectivity index (χ4v) is 9.21. The standard InChI is InChI=1S/C58H39N5/c1-38-24-26-40(27-25-38)42-30-34-45(35-31-42)57-59-56(44-16-6-3-7-17-44)60-58(61-57)63-53-23-13-10-20-48(53)50-37-36-49-47-19-9-12-22-52(47)62(54(49)55(50)63)51-21-11-8-18-46(51)43-32-28-41(29-33-43)39-14-4-2-5-15-39/h2-37H,1H3. The van der Waals surface area contributed by atoms with E-state index in [1.54, 1.807) is 0 Å². The van der Waals surface area contributed by atoms with E-state index in [0.29, 0.717) is 17.6 Å². The second-order valence-electron chi connectivity index (χ2n) is 16.1. The fraction of sp³-hybridized carbons (Fsp3) is 0.0172. The molecule has 12 rings (SSSR count). The second-order valence-corrected chi connectivity index (χ2v) is 16.1. The van der Waals surface area contributed by atoms with Gasteiger partial charge < -0.3 is 4.57 Å². The summed E-state index contributed by atoms with van der Waals surface area (Å²) in [4.78, 5) is 15.9. The van der Waals surface area contributed by atoms with Crippen LogP contribution >= 0.6 is 0 Å². The number of benzene rings is 9. The van der Waals surface area contributed by atoms with Gasteiger partial charge in [-0.05, 0) is 52.9 Å². The maximum atomic E-state index is 5.38. The highest BCUT2D eigenvalue weighted by Crippen LogP contribution is 2.43. The Labute approximate surface area is 364 Å². The summed E-state index contributed by atoms with van der Waals surface area (Å²) in [5, 5.41) is 4.58. The molecule has 5 nitrogen and oxygen atoms in total. The van der Waals surface area contributed by atoms with E-state index < -0.39 is 0 Å². The Morgan fingerprint density at radius 1 is 0.302 bits per heavy atom. The maximum absolute atomic E-state index is 5.38. The van der Waals surface area contributed by atoms with E-state index in [9.17, 15) is 0 Å². The summed E-state index contributed by atoms with van der Waals surface area (Å²) in [7, 11) is 0. The van der Waals surface area contributed by atoms with Crippen molar-refractivity contribution in [2.45, 2.75) is 6.92 Å². The van der Waals surface area contributed by atoms with Gasteiger partial charge in [-0.1, -0.05) is 206 Å². The van der Waals surface area contributed by atoms with Crippen LogP contribution < -0.4 is 0 Å². The molecule has 0 unspecified atom stereocenters. The van der Waals surface area contributed by atoms with Crippen LogP contribution in [0.2, 0.25) is 0 Å². The molecule has 0 spiro atoms. The molecule has 0 bridgehead atoms. The molecule has 0 saturated heterocycles. The van der Waals surface area contributed by atoms with Crippen molar-refractivity contribution in [3.05, 3.63) is 224 Å². The summed E-state index contributed by atoms with van der Waals surface area (Å²) in [5.74, 6) is 1.78. The molecule has 0 amide bonds. The third kappa shape index (κ3) is 6.21. The highest BCUT2D eigenvalue weighted by atomic mass is 15.2. The number of fused-ring (bicyclic) bond motifs is 7. The number of hydrogen-bond acceptors (Lipinski definition) is 3. The van der Waals surface area contributed by atoms with Crippen molar-refractivity contribution >= 4 is 43.6 Å². The van der Waals surface area contributed by atoms with Crippen LogP contribution in [-0.2, 0) is 0 Å². The topological polar surface area (TPSA) is 48.5 Å². The van der Waals surface area contributed by atoms with Crippen LogP contribution in [0, 0.1) is 6.92 Å². The minimum atomic E-state index is 0.557. The van der Waals surface area contributed by atoms with E-state index in [0.717, 1.165) is 71.7 Å². The molecule has 3 aromatic heterocycles. The Morgan fingerprint density at radius 2 is 0.714 bits per heavy atom. The lowest BCUT2D eigenvalue weighted by Gasteiger charge is -2.16. The van der Waals surface area contributed by atoms with Gasteiger partial charge >= 0.3 is 0 Å². The SMILES string of the molecule is Cc1ccc(-c2ccc(-c3nc(-c4ccccc4)nc(-n4c5ccccc5c5ccc6c7ccccc7n(-c7ccccc7-c7ccc(-c8ccccc8)cc7)c6c54)n3)cc2)cc1. The first-order chi connectivity index (χ1) is 31.2. The summed E-state index contributed by atoms with van der Waals surface area (Å²) in [6.45, 7) is 2.11. The van der Waals surface area contributed by atoms with Crippen LogP contribution in [0.1, 0.15) is 5.56 Å². The van der Waals surface area contributed by atoms with Gasteiger partial charge in [-0.3, -0.25) is 4.57 Å². The predicted molar refractivity (Wildman–Crippen MR) is 260 cm³/mol. The third-order valence-corrected chi connectivity index (χ3v) is 12.3. The molecular formula is C58H39N5. The van der Waals surface area contributed by atoms with Crippen molar-refractivity contribution in [3.8, 4) is 67.8 Å². The van der Waals surface area contributed by atoms with E-state index in [4.69, 9.17) is 15.0 Å². The number of nitrogens with zero attached hydrogens (tertiary/aromatic N) is 5. The number of hydrogen-bond donors (Lipinski definition) is 0. The molecule has 0 fully saturated rings. The number of aromatic nitrogens is 5. The summed E-state index contributed by atoms with van der Waals surface area (Å²) in [5.41, 5.74) is 15.4. The van der Waals surface area contributed by atoms with Crippen LogP contribution in [0.3, 0.4) is 0 Å². The zero-order chi connectivity index (χ0) is 41.9. The number of para-hydroxylation sites is 3. The van der Waals surface area contributed by atoms with Crippen LogP contribution in [0.5, 0.6) is 0 Å². The molecule has 0 atom stereocenters. The minimum Gasteiger partial charge on any atom is -0.307 e. The molecule has 0 radical (unpaired) electrons. The lowest BCUT2D eigenvalue weighted by Crippen LogP contribution is -2.07. The fourth-order valence-electron chi connectivity index (χ4n) is 9.21. The van der Waals surface area contributed by atoms with E-state index in [2.05, 4.69) is 216 Å². The zero-order valence-electron chi connectivity index (χ0n) is 34.5.